The van der Waals surface area contributed by atoms with Gasteiger partial charge in [-0.3, -0.25) is 9.69 Å². The highest BCUT2D eigenvalue weighted by atomic mass is 16.5. The van der Waals surface area contributed by atoms with Crippen LogP contribution in [0.3, 0.4) is 0 Å². The molecule has 0 spiro atoms. The first-order valence-corrected chi connectivity index (χ1v) is 11.6. The molecule has 170 valence electrons. The summed E-state index contributed by atoms with van der Waals surface area (Å²) in [6.07, 6.45) is 5.60. The molecule has 0 radical (unpaired) electrons. The molecule has 2 rings (SSSR count). The van der Waals surface area contributed by atoms with Crippen LogP contribution in [0.4, 0.5) is 0 Å². The van der Waals surface area contributed by atoms with E-state index in [1.54, 1.807) is 0 Å². The molecule has 0 atom stereocenters. The van der Waals surface area contributed by atoms with Crippen molar-refractivity contribution in [3.8, 4) is 5.75 Å². The number of aldehydes is 1. The van der Waals surface area contributed by atoms with Gasteiger partial charge in [0.15, 0.2) is 0 Å². The van der Waals surface area contributed by atoms with Crippen molar-refractivity contribution in [2.45, 2.75) is 99.1 Å². The van der Waals surface area contributed by atoms with E-state index in [-0.39, 0.29) is 16.6 Å². The maximum absolute atomic E-state index is 10.9. The van der Waals surface area contributed by atoms with Crippen LogP contribution in [0.25, 0.3) is 0 Å². The summed E-state index contributed by atoms with van der Waals surface area (Å²) in [6.45, 7) is 23.4. The Hall–Kier alpha value is -1.35. The molecule has 1 aliphatic heterocycles. The number of likely N-dealkylation sites (tertiary alicyclic amines) is 1. The summed E-state index contributed by atoms with van der Waals surface area (Å²) >= 11 is 0. The van der Waals surface area contributed by atoms with Gasteiger partial charge in [0.25, 0.3) is 0 Å². The summed E-state index contributed by atoms with van der Waals surface area (Å²) in [5, 5.41) is 0. The normalized spacial score (nSPS) is 17.8. The van der Waals surface area contributed by atoms with Crippen LogP contribution in [-0.4, -0.2) is 35.4 Å². The molecule has 1 heterocycles. The van der Waals surface area contributed by atoms with Gasteiger partial charge in [-0.15, -0.1) is 0 Å². The summed E-state index contributed by atoms with van der Waals surface area (Å²) < 4.78 is 6.33. The number of hydrogen-bond donors (Lipinski definition) is 0. The molecule has 1 aromatic carbocycles. The molecule has 3 nitrogen and oxygen atoms in total. The second kappa shape index (κ2) is 9.02. The Morgan fingerprint density at radius 1 is 0.900 bits per heavy atom. The number of carbonyl (C=O) groups is 1. The van der Waals surface area contributed by atoms with Crippen LogP contribution >= 0.6 is 0 Å². The number of carbonyl (C=O) groups excluding carboxylic acids is 1. The second-order valence-electron chi connectivity index (χ2n) is 12.5. The lowest BCUT2D eigenvalue weighted by atomic mass is 9.68. The minimum atomic E-state index is -0.255. The largest absolute Gasteiger partial charge is 0.488 e. The van der Waals surface area contributed by atoms with Crippen LogP contribution < -0.4 is 4.74 Å². The van der Waals surface area contributed by atoms with E-state index in [4.69, 9.17) is 4.74 Å². The maximum atomic E-state index is 10.9. The Bertz CT molecular complexity index is 687. The average molecular weight is 416 g/mol. The predicted molar refractivity (Wildman–Crippen MR) is 127 cm³/mol. The first-order chi connectivity index (χ1) is 13.6. The zero-order chi connectivity index (χ0) is 22.8. The predicted octanol–water partition coefficient (Wildman–Crippen LogP) is 7.00. The van der Waals surface area contributed by atoms with Gasteiger partial charge in [0.05, 0.1) is 0 Å². The van der Waals surface area contributed by atoms with Crippen LogP contribution in [-0.2, 0) is 0 Å². The van der Waals surface area contributed by atoms with Gasteiger partial charge in [-0.05, 0) is 107 Å². The van der Waals surface area contributed by atoms with Gasteiger partial charge < -0.3 is 4.74 Å². The van der Waals surface area contributed by atoms with Crippen molar-refractivity contribution in [2.24, 2.45) is 16.7 Å². The highest BCUT2D eigenvalue weighted by Gasteiger charge is 2.40. The van der Waals surface area contributed by atoms with Gasteiger partial charge in [-0.2, -0.15) is 0 Å². The fraction of sp³-hybridized carbons (Fsp3) is 0.741. The smallest absolute Gasteiger partial charge is 0.150 e. The standard InChI is InChI=1S/C27H45NO2/c1-24(2,3)19-26(6,7)28-16-14-22(15-17-28)25(4,5)20-27(8,9)30-23-12-10-21(18-29)11-13-23/h10-13,18,22H,14-17,19-20H2,1-9H3. The van der Waals surface area contributed by atoms with E-state index < -0.39 is 0 Å². The summed E-state index contributed by atoms with van der Waals surface area (Å²) in [5.41, 5.74) is 1.25. The Balaban J connectivity index is 1.96. The number of nitrogens with zero attached hydrogens (tertiary/aromatic N) is 1. The fourth-order valence-corrected chi connectivity index (χ4v) is 5.89. The fourth-order valence-electron chi connectivity index (χ4n) is 5.89. The first kappa shape index (κ1) is 24.9. The molecule has 0 amide bonds. The van der Waals surface area contributed by atoms with Crippen molar-refractivity contribution in [2.75, 3.05) is 13.1 Å². The molecular formula is C27H45NO2. The summed E-state index contributed by atoms with van der Waals surface area (Å²) in [4.78, 5) is 13.6. The van der Waals surface area contributed by atoms with Gasteiger partial charge in [-0.1, -0.05) is 34.6 Å². The van der Waals surface area contributed by atoms with Crippen LogP contribution in [0.1, 0.15) is 98.4 Å². The molecule has 0 saturated carbocycles. The average Bonchev–Trinajstić information content (AvgIpc) is 2.59. The summed E-state index contributed by atoms with van der Waals surface area (Å²) in [7, 11) is 0. The van der Waals surface area contributed by atoms with Crippen molar-refractivity contribution in [3.63, 3.8) is 0 Å². The van der Waals surface area contributed by atoms with Crippen molar-refractivity contribution in [1.82, 2.24) is 4.90 Å². The van der Waals surface area contributed by atoms with E-state index in [0.717, 1.165) is 18.5 Å². The van der Waals surface area contributed by atoms with Crippen LogP contribution in [0.5, 0.6) is 5.75 Å². The Kier molecular flexibility index (Phi) is 7.49. The lowest BCUT2D eigenvalue weighted by Gasteiger charge is -2.49. The van der Waals surface area contributed by atoms with Gasteiger partial charge >= 0.3 is 0 Å². The monoisotopic (exact) mass is 415 g/mol. The Labute approximate surface area is 185 Å². The van der Waals surface area contributed by atoms with E-state index in [2.05, 4.69) is 67.2 Å². The Morgan fingerprint density at radius 3 is 1.90 bits per heavy atom. The van der Waals surface area contributed by atoms with Crippen molar-refractivity contribution < 1.29 is 9.53 Å². The van der Waals surface area contributed by atoms with Gasteiger partial charge in [0.2, 0.25) is 0 Å². The second-order valence-corrected chi connectivity index (χ2v) is 12.5. The summed E-state index contributed by atoms with van der Waals surface area (Å²) in [5.74, 6) is 1.54. The minimum absolute atomic E-state index is 0.215. The van der Waals surface area contributed by atoms with Crippen molar-refractivity contribution >= 4 is 6.29 Å². The highest BCUT2D eigenvalue weighted by Crippen LogP contribution is 2.43. The molecular weight excluding hydrogens is 370 g/mol. The molecule has 30 heavy (non-hydrogen) atoms. The quantitative estimate of drug-likeness (QED) is 0.428. The van der Waals surface area contributed by atoms with Crippen LogP contribution in [0.15, 0.2) is 24.3 Å². The number of piperidine rings is 1. The van der Waals surface area contributed by atoms with Gasteiger partial charge in [0, 0.05) is 11.1 Å². The number of benzene rings is 1. The third-order valence-corrected chi connectivity index (χ3v) is 6.71. The van der Waals surface area contributed by atoms with Crippen LogP contribution in [0.2, 0.25) is 0 Å². The molecule has 1 aliphatic rings. The molecule has 0 unspecified atom stereocenters. The Morgan fingerprint density at radius 2 is 1.43 bits per heavy atom. The zero-order valence-corrected chi connectivity index (χ0v) is 21.0. The topological polar surface area (TPSA) is 29.5 Å². The van der Waals surface area contributed by atoms with E-state index >= 15 is 0 Å². The zero-order valence-electron chi connectivity index (χ0n) is 21.0. The molecule has 1 fully saturated rings. The molecule has 1 aromatic rings. The number of hydrogen-bond acceptors (Lipinski definition) is 3. The lowest BCUT2D eigenvalue weighted by molar-refractivity contribution is -0.0118. The van der Waals surface area contributed by atoms with Crippen molar-refractivity contribution in [3.05, 3.63) is 29.8 Å². The van der Waals surface area contributed by atoms with Gasteiger partial charge in [-0.25, -0.2) is 0 Å². The minimum Gasteiger partial charge on any atom is -0.488 e. The number of rotatable bonds is 8. The molecule has 0 aliphatic carbocycles. The van der Waals surface area contributed by atoms with Crippen LogP contribution in [0, 0.1) is 16.7 Å². The molecule has 0 bridgehead atoms. The van der Waals surface area contributed by atoms with Gasteiger partial charge in [0.1, 0.15) is 17.6 Å². The van der Waals surface area contributed by atoms with E-state index in [1.165, 1.54) is 32.4 Å². The van der Waals surface area contributed by atoms with E-state index in [9.17, 15) is 4.79 Å². The maximum Gasteiger partial charge on any atom is 0.150 e. The molecule has 1 saturated heterocycles. The highest BCUT2D eigenvalue weighted by molar-refractivity contribution is 5.74. The van der Waals surface area contributed by atoms with E-state index in [0.29, 0.717) is 16.9 Å². The number of ether oxygens (including phenoxy) is 1. The molecule has 3 heteroatoms. The molecule has 0 N–H and O–H groups in total. The first-order valence-electron chi connectivity index (χ1n) is 11.6. The van der Waals surface area contributed by atoms with E-state index in [1.807, 2.05) is 24.3 Å². The SMILES string of the molecule is CC(C)(C)CC(C)(C)N1CCC(C(C)(C)CC(C)(C)Oc2ccc(C=O)cc2)CC1. The van der Waals surface area contributed by atoms with Crippen molar-refractivity contribution in [1.29, 1.82) is 0 Å². The molecule has 0 aromatic heterocycles. The third kappa shape index (κ3) is 7.11. The third-order valence-electron chi connectivity index (χ3n) is 6.71. The lowest BCUT2D eigenvalue weighted by Crippen LogP contribution is -2.51. The summed E-state index contributed by atoms with van der Waals surface area (Å²) in [6, 6.07) is 7.43.